The summed E-state index contributed by atoms with van der Waals surface area (Å²) in [5.74, 6) is 0.237. The van der Waals surface area contributed by atoms with Crippen molar-refractivity contribution in [1.82, 2.24) is 5.06 Å². The Morgan fingerprint density at radius 2 is 2.31 bits per heavy atom. The predicted octanol–water partition coefficient (Wildman–Crippen LogP) is 0.537. The van der Waals surface area contributed by atoms with Crippen molar-refractivity contribution in [3.05, 3.63) is 17.5 Å². The van der Waals surface area contributed by atoms with Crippen molar-refractivity contribution >= 4 is 5.71 Å². The van der Waals surface area contributed by atoms with E-state index in [2.05, 4.69) is 6.58 Å². The molecule has 0 aromatic heterocycles. The van der Waals surface area contributed by atoms with Gasteiger partial charge in [0, 0.05) is 6.92 Å². The van der Waals surface area contributed by atoms with Gasteiger partial charge in [0.15, 0.2) is 11.5 Å². The third kappa shape index (κ3) is 1.40. The average molecular weight is 186 g/mol. The van der Waals surface area contributed by atoms with Gasteiger partial charge in [-0.25, -0.2) is 0 Å². The van der Waals surface area contributed by atoms with Gasteiger partial charge in [-0.05, 0) is 6.92 Å². The van der Waals surface area contributed by atoms with Crippen LogP contribution < -0.4 is 0 Å². The zero-order valence-corrected chi connectivity index (χ0v) is 8.02. The lowest BCUT2D eigenvalue weighted by Crippen LogP contribution is -2.38. The quantitative estimate of drug-likeness (QED) is 0.388. The van der Waals surface area contributed by atoms with Gasteiger partial charge in [-0.3, -0.25) is 0 Å². The summed E-state index contributed by atoms with van der Waals surface area (Å²) >= 11 is 0. The molecule has 2 unspecified atom stereocenters. The molecule has 0 radical (unpaired) electrons. The first-order valence-electron chi connectivity index (χ1n) is 4.00. The summed E-state index contributed by atoms with van der Waals surface area (Å²) in [6, 6.07) is -0.297. The largest absolute Gasteiger partial charge is 0.622 e. The summed E-state index contributed by atoms with van der Waals surface area (Å²) in [6.07, 6.45) is -0.819. The minimum absolute atomic E-state index is 0.237. The minimum atomic E-state index is -0.819. The fraction of sp³-hybridized carbons (Fsp3) is 0.625. The Kier molecular flexibility index (Phi) is 2.58. The van der Waals surface area contributed by atoms with Crippen LogP contribution in [0.5, 0.6) is 0 Å². The smallest absolute Gasteiger partial charge is 0.298 e. The summed E-state index contributed by atoms with van der Waals surface area (Å²) < 4.78 is 5.53. The number of nitrogens with zero attached hydrogens (tertiary/aromatic N) is 2. The van der Waals surface area contributed by atoms with Gasteiger partial charge < -0.3 is 15.2 Å². The molecule has 0 fully saturated rings. The molecule has 1 aliphatic heterocycles. The van der Waals surface area contributed by atoms with E-state index in [1.807, 2.05) is 0 Å². The SMILES string of the molecule is C=C(OC)C1N(O)C(C)C(C)=[N+]1[O-]. The Bertz CT molecular complexity index is 262. The van der Waals surface area contributed by atoms with Crippen molar-refractivity contribution in [1.29, 1.82) is 0 Å². The number of ether oxygens (including phenoxy) is 1. The molecule has 1 heterocycles. The van der Waals surface area contributed by atoms with E-state index in [4.69, 9.17) is 4.74 Å². The van der Waals surface area contributed by atoms with Crippen LogP contribution in [0.25, 0.3) is 0 Å². The molecule has 0 aliphatic carbocycles. The van der Waals surface area contributed by atoms with Gasteiger partial charge >= 0.3 is 0 Å². The van der Waals surface area contributed by atoms with Crippen LogP contribution in [0.15, 0.2) is 12.3 Å². The highest BCUT2D eigenvalue weighted by Gasteiger charge is 2.42. The third-order valence-corrected chi connectivity index (χ3v) is 2.37. The molecule has 2 atom stereocenters. The summed E-state index contributed by atoms with van der Waals surface area (Å²) in [6.45, 7) is 6.96. The molecule has 0 saturated carbocycles. The van der Waals surface area contributed by atoms with Gasteiger partial charge in [-0.1, -0.05) is 6.58 Å². The van der Waals surface area contributed by atoms with Crippen LogP contribution in [0.2, 0.25) is 0 Å². The summed E-state index contributed by atoms with van der Waals surface area (Å²) in [7, 11) is 1.42. The van der Waals surface area contributed by atoms with Crippen LogP contribution in [-0.4, -0.2) is 40.0 Å². The second-order valence-electron chi connectivity index (χ2n) is 3.07. The number of hydrogen-bond donors (Lipinski definition) is 1. The average Bonchev–Trinajstić information content (AvgIpc) is 2.30. The zero-order chi connectivity index (χ0) is 10.2. The second kappa shape index (κ2) is 3.35. The van der Waals surface area contributed by atoms with E-state index < -0.39 is 6.17 Å². The Morgan fingerprint density at radius 1 is 1.77 bits per heavy atom. The van der Waals surface area contributed by atoms with Crippen molar-refractivity contribution in [3.8, 4) is 0 Å². The van der Waals surface area contributed by atoms with Crippen LogP contribution in [0.4, 0.5) is 0 Å². The maximum absolute atomic E-state index is 11.5. The van der Waals surface area contributed by atoms with Crippen molar-refractivity contribution in [2.45, 2.75) is 26.1 Å². The molecular weight excluding hydrogens is 172 g/mol. The molecular formula is C8H14N2O3. The fourth-order valence-electron chi connectivity index (χ4n) is 1.27. The van der Waals surface area contributed by atoms with E-state index in [0.29, 0.717) is 10.5 Å². The van der Waals surface area contributed by atoms with E-state index in [9.17, 15) is 10.4 Å². The van der Waals surface area contributed by atoms with Crippen LogP contribution in [-0.2, 0) is 4.74 Å². The standard InChI is InChI=1S/C8H14N2O3/c1-5-6(2)10(12)8(9(5)11)7(3)13-4/h5,8,11H,3H2,1-2,4H3. The van der Waals surface area contributed by atoms with Gasteiger partial charge in [-0.15, -0.1) is 5.06 Å². The first kappa shape index (κ1) is 10.0. The Balaban J connectivity index is 2.94. The lowest BCUT2D eigenvalue weighted by atomic mass is 10.2. The lowest BCUT2D eigenvalue weighted by molar-refractivity contribution is -0.529. The van der Waals surface area contributed by atoms with E-state index in [0.717, 1.165) is 5.06 Å². The highest BCUT2D eigenvalue weighted by atomic mass is 16.6. The molecule has 5 nitrogen and oxygen atoms in total. The molecule has 5 heteroatoms. The second-order valence-corrected chi connectivity index (χ2v) is 3.07. The third-order valence-electron chi connectivity index (χ3n) is 2.37. The van der Waals surface area contributed by atoms with Gasteiger partial charge in [-0.2, -0.15) is 4.74 Å². The molecule has 0 spiro atoms. The van der Waals surface area contributed by atoms with Crippen LogP contribution >= 0.6 is 0 Å². The van der Waals surface area contributed by atoms with Crippen LogP contribution in [0.1, 0.15) is 13.8 Å². The number of hydrogen-bond acceptors (Lipinski definition) is 4. The van der Waals surface area contributed by atoms with Gasteiger partial charge in [0.1, 0.15) is 6.04 Å². The predicted molar refractivity (Wildman–Crippen MR) is 47.3 cm³/mol. The topological polar surface area (TPSA) is 58.8 Å². The Morgan fingerprint density at radius 3 is 2.62 bits per heavy atom. The number of rotatable bonds is 2. The molecule has 13 heavy (non-hydrogen) atoms. The molecule has 0 aromatic carbocycles. The summed E-state index contributed by atoms with van der Waals surface area (Å²) in [5.41, 5.74) is 0.547. The molecule has 0 bridgehead atoms. The lowest BCUT2D eigenvalue weighted by Gasteiger charge is -2.19. The maximum Gasteiger partial charge on any atom is 0.298 e. The van der Waals surface area contributed by atoms with E-state index in [-0.39, 0.29) is 11.8 Å². The zero-order valence-electron chi connectivity index (χ0n) is 8.02. The van der Waals surface area contributed by atoms with Gasteiger partial charge in [0.25, 0.3) is 6.17 Å². The van der Waals surface area contributed by atoms with E-state index in [1.165, 1.54) is 7.11 Å². The van der Waals surface area contributed by atoms with Crippen molar-refractivity contribution in [2.24, 2.45) is 0 Å². The summed E-state index contributed by atoms with van der Waals surface area (Å²) in [5, 5.41) is 21.9. The monoisotopic (exact) mass is 186 g/mol. The molecule has 0 saturated heterocycles. The number of methoxy groups -OCH3 is 1. The molecule has 0 aromatic rings. The van der Waals surface area contributed by atoms with Gasteiger partial charge in [0.05, 0.1) is 7.11 Å². The van der Waals surface area contributed by atoms with Crippen molar-refractivity contribution in [2.75, 3.05) is 7.11 Å². The molecule has 0 amide bonds. The van der Waals surface area contributed by atoms with Gasteiger partial charge in [0.2, 0.25) is 0 Å². The molecule has 1 rings (SSSR count). The normalized spacial score (nSPS) is 29.5. The molecule has 1 N–H and O–H groups in total. The van der Waals surface area contributed by atoms with Crippen LogP contribution in [0, 0.1) is 5.21 Å². The van der Waals surface area contributed by atoms with E-state index >= 15 is 0 Å². The maximum atomic E-state index is 11.5. The summed E-state index contributed by atoms with van der Waals surface area (Å²) in [4.78, 5) is 0. The highest BCUT2D eigenvalue weighted by Crippen LogP contribution is 2.19. The van der Waals surface area contributed by atoms with Crippen LogP contribution in [0.3, 0.4) is 0 Å². The van der Waals surface area contributed by atoms with Crippen molar-refractivity contribution < 1.29 is 14.7 Å². The van der Waals surface area contributed by atoms with E-state index in [1.54, 1.807) is 13.8 Å². The highest BCUT2D eigenvalue weighted by molar-refractivity contribution is 5.83. The Hall–Kier alpha value is -1.07. The fourth-order valence-corrected chi connectivity index (χ4v) is 1.27. The number of hydroxylamine groups is 3. The minimum Gasteiger partial charge on any atom is -0.622 e. The molecule has 74 valence electrons. The Labute approximate surface area is 77.1 Å². The first-order valence-corrected chi connectivity index (χ1v) is 4.00. The first-order chi connectivity index (χ1) is 6.00. The van der Waals surface area contributed by atoms with Crippen molar-refractivity contribution in [3.63, 3.8) is 0 Å². The molecule has 1 aliphatic rings.